The van der Waals surface area contributed by atoms with Crippen molar-refractivity contribution in [3.05, 3.63) is 75.5 Å². The van der Waals surface area contributed by atoms with E-state index in [-0.39, 0.29) is 5.78 Å². The van der Waals surface area contributed by atoms with Gasteiger partial charge in [0.25, 0.3) is 0 Å². The number of rotatable bonds is 2. The molecular weight excluding hydrogens is 349 g/mol. The summed E-state index contributed by atoms with van der Waals surface area (Å²) in [6.07, 6.45) is 1.74. The first-order valence-corrected chi connectivity index (χ1v) is 6.97. The molecule has 0 aliphatic rings. The van der Waals surface area contributed by atoms with E-state index in [0.29, 0.717) is 5.56 Å². The van der Waals surface area contributed by atoms with Crippen LogP contribution in [0, 0.1) is 3.57 Å². The fourth-order valence-corrected chi connectivity index (χ4v) is 2.64. The van der Waals surface area contributed by atoms with Crippen LogP contribution < -0.4 is 0 Å². The van der Waals surface area contributed by atoms with Gasteiger partial charge < -0.3 is 0 Å². The number of aromatic nitrogens is 1. The number of nitrogens with zero attached hydrogens (tertiary/aromatic N) is 1. The second kappa shape index (κ2) is 5.09. The Balaban J connectivity index is 2.09. The van der Waals surface area contributed by atoms with Gasteiger partial charge in [-0.05, 0) is 46.9 Å². The molecule has 3 heteroatoms. The molecule has 3 rings (SSSR count). The van der Waals surface area contributed by atoms with E-state index in [1.54, 1.807) is 6.20 Å². The van der Waals surface area contributed by atoms with Gasteiger partial charge in [0, 0.05) is 26.3 Å². The lowest BCUT2D eigenvalue weighted by molar-refractivity contribution is 0.103. The van der Waals surface area contributed by atoms with Crippen LogP contribution in [0.5, 0.6) is 0 Å². The molecule has 0 atom stereocenters. The highest BCUT2D eigenvalue weighted by Crippen LogP contribution is 2.19. The molecule has 0 fully saturated rings. The predicted octanol–water partition coefficient (Wildman–Crippen LogP) is 4.07. The maximum Gasteiger partial charge on any atom is 0.194 e. The van der Waals surface area contributed by atoms with Crippen LogP contribution >= 0.6 is 22.6 Å². The zero-order valence-electron chi connectivity index (χ0n) is 10.0. The number of carbonyl (C=O) groups is 1. The van der Waals surface area contributed by atoms with Crippen molar-refractivity contribution in [1.82, 2.24) is 4.98 Å². The number of benzene rings is 2. The fourth-order valence-electron chi connectivity index (χ4n) is 2.01. The summed E-state index contributed by atoms with van der Waals surface area (Å²) < 4.78 is 0.964. The Labute approximate surface area is 124 Å². The second-order valence-electron chi connectivity index (χ2n) is 4.22. The topological polar surface area (TPSA) is 30.0 Å². The lowest BCUT2D eigenvalue weighted by Gasteiger charge is -2.04. The van der Waals surface area contributed by atoms with Gasteiger partial charge in [-0.2, -0.15) is 0 Å². The third-order valence-electron chi connectivity index (χ3n) is 2.99. The summed E-state index contributed by atoms with van der Waals surface area (Å²) in [7, 11) is 0. The molecule has 0 spiro atoms. The van der Waals surface area contributed by atoms with Crippen molar-refractivity contribution in [2.24, 2.45) is 0 Å². The molecule has 0 radical (unpaired) electrons. The highest BCUT2D eigenvalue weighted by atomic mass is 127. The molecule has 0 amide bonds. The van der Waals surface area contributed by atoms with Crippen molar-refractivity contribution in [2.75, 3.05) is 0 Å². The average molecular weight is 359 g/mol. The minimum absolute atomic E-state index is 0.0394. The van der Waals surface area contributed by atoms with Crippen molar-refractivity contribution in [1.29, 1.82) is 0 Å². The van der Waals surface area contributed by atoms with Gasteiger partial charge in [-0.3, -0.25) is 9.78 Å². The zero-order valence-corrected chi connectivity index (χ0v) is 12.2. The van der Waals surface area contributed by atoms with Crippen LogP contribution in [-0.2, 0) is 0 Å². The molecule has 0 saturated heterocycles. The van der Waals surface area contributed by atoms with Gasteiger partial charge in [0.15, 0.2) is 5.78 Å². The molecular formula is C16H10INO. The van der Waals surface area contributed by atoms with E-state index in [1.165, 1.54) is 0 Å². The van der Waals surface area contributed by atoms with E-state index in [0.717, 1.165) is 20.0 Å². The second-order valence-corrected chi connectivity index (χ2v) is 5.38. The van der Waals surface area contributed by atoms with Gasteiger partial charge in [-0.15, -0.1) is 0 Å². The van der Waals surface area contributed by atoms with Crippen molar-refractivity contribution in [2.45, 2.75) is 0 Å². The van der Waals surface area contributed by atoms with E-state index >= 15 is 0 Å². The lowest BCUT2D eigenvalue weighted by atomic mass is 10.0. The van der Waals surface area contributed by atoms with E-state index in [2.05, 4.69) is 27.6 Å². The maximum atomic E-state index is 12.5. The Morgan fingerprint density at radius 2 is 1.84 bits per heavy atom. The number of fused-ring (bicyclic) bond motifs is 1. The molecule has 1 heterocycles. The molecule has 0 unspecified atom stereocenters. The zero-order chi connectivity index (χ0) is 13.2. The average Bonchev–Trinajstić information content (AvgIpc) is 2.46. The first-order valence-electron chi connectivity index (χ1n) is 5.90. The van der Waals surface area contributed by atoms with Crippen LogP contribution in [0.3, 0.4) is 0 Å². The van der Waals surface area contributed by atoms with Crippen LogP contribution in [-0.4, -0.2) is 10.8 Å². The molecule has 0 aliphatic heterocycles. The Morgan fingerprint density at radius 1 is 1.00 bits per heavy atom. The largest absolute Gasteiger partial charge is 0.289 e. The van der Waals surface area contributed by atoms with Crippen LogP contribution in [0.15, 0.2) is 60.8 Å². The summed E-state index contributed by atoms with van der Waals surface area (Å²) in [6.45, 7) is 0. The SMILES string of the molecule is O=C(c1ccc2cccnc2c1)c1ccccc1I. The van der Waals surface area contributed by atoms with Crippen LogP contribution in [0.1, 0.15) is 15.9 Å². The van der Waals surface area contributed by atoms with Gasteiger partial charge in [0.1, 0.15) is 0 Å². The number of carbonyl (C=O) groups excluding carboxylic acids is 1. The van der Waals surface area contributed by atoms with Crippen molar-refractivity contribution >= 4 is 39.3 Å². The van der Waals surface area contributed by atoms with Gasteiger partial charge >= 0.3 is 0 Å². The van der Waals surface area contributed by atoms with Crippen LogP contribution in [0.25, 0.3) is 10.9 Å². The van der Waals surface area contributed by atoms with E-state index < -0.39 is 0 Å². The molecule has 3 aromatic rings. The normalized spacial score (nSPS) is 10.6. The maximum absolute atomic E-state index is 12.5. The molecule has 1 aromatic heterocycles. The van der Waals surface area contributed by atoms with Crippen molar-refractivity contribution in [3.8, 4) is 0 Å². The predicted molar refractivity (Wildman–Crippen MR) is 84.3 cm³/mol. The van der Waals surface area contributed by atoms with E-state index in [9.17, 15) is 4.79 Å². The number of ketones is 1. The molecule has 2 nitrogen and oxygen atoms in total. The molecule has 19 heavy (non-hydrogen) atoms. The van der Waals surface area contributed by atoms with Crippen molar-refractivity contribution in [3.63, 3.8) is 0 Å². The number of halogens is 1. The quantitative estimate of drug-likeness (QED) is 0.510. The standard InChI is InChI=1S/C16H10INO/c17-14-6-2-1-5-13(14)16(19)12-8-7-11-4-3-9-18-15(11)10-12/h1-10H. The van der Waals surface area contributed by atoms with E-state index in [4.69, 9.17) is 0 Å². The summed E-state index contributed by atoms with van der Waals surface area (Å²) >= 11 is 2.18. The lowest BCUT2D eigenvalue weighted by Crippen LogP contribution is -2.03. The smallest absolute Gasteiger partial charge is 0.194 e. The van der Waals surface area contributed by atoms with Crippen molar-refractivity contribution < 1.29 is 4.79 Å². The third kappa shape index (κ3) is 2.38. The third-order valence-corrected chi connectivity index (χ3v) is 3.93. The van der Waals surface area contributed by atoms with Crippen LogP contribution in [0.2, 0.25) is 0 Å². The molecule has 0 N–H and O–H groups in total. The minimum atomic E-state index is 0.0394. The van der Waals surface area contributed by atoms with Gasteiger partial charge in [-0.25, -0.2) is 0 Å². The Bertz CT molecular complexity index is 767. The molecule has 0 saturated carbocycles. The highest BCUT2D eigenvalue weighted by Gasteiger charge is 2.12. The number of hydrogen-bond acceptors (Lipinski definition) is 2. The highest BCUT2D eigenvalue weighted by molar-refractivity contribution is 14.1. The van der Waals surface area contributed by atoms with E-state index in [1.807, 2.05) is 54.6 Å². The fraction of sp³-hybridized carbons (Fsp3) is 0. The summed E-state index contributed by atoms with van der Waals surface area (Å²) in [6, 6.07) is 17.1. The van der Waals surface area contributed by atoms with Gasteiger partial charge in [-0.1, -0.05) is 30.3 Å². The molecule has 0 aliphatic carbocycles. The van der Waals surface area contributed by atoms with Crippen LogP contribution in [0.4, 0.5) is 0 Å². The molecule has 0 bridgehead atoms. The first kappa shape index (κ1) is 12.3. The Kier molecular flexibility index (Phi) is 3.29. The first-order chi connectivity index (χ1) is 9.25. The monoisotopic (exact) mass is 359 g/mol. The Morgan fingerprint density at radius 3 is 2.68 bits per heavy atom. The summed E-state index contributed by atoms with van der Waals surface area (Å²) in [4.78, 5) is 16.8. The number of pyridine rings is 1. The Hall–Kier alpha value is -1.75. The molecule has 92 valence electrons. The summed E-state index contributed by atoms with van der Waals surface area (Å²) in [5.41, 5.74) is 2.26. The number of hydrogen-bond donors (Lipinski definition) is 0. The summed E-state index contributed by atoms with van der Waals surface area (Å²) in [5, 5.41) is 1.04. The van der Waals surface area contributed by atoms with Gasteiger partial charge in [0.2, 0.25) is 0 Å². The van der Waals surface area contributed by atoms with Gasteiger partial charge in [0.05, 0.1) is 5.52 Å². The molecule has 2 aromatic carbocycles. The summed E-state index contributed by atoms with van der Waals surface area (Å²) in [5.74, 6) is 0.0394. The minimum Gasteiger partial charge on any atom is -0.289 e.